The molecule has 8 heteroatoms. The molecule has 1 heterocycles. The van der Waals surface area contributed by atoms with Crippen LogP contribution in [0, 0.1) is 6.61 Å². The third-order valence-corrected chi connectivity index (χ3v) is 1.55. The Balaban J connectivity index is 2.42. The Morgan fingerprint density at radius 1 is 1.19 bits per heavy atom. The molecule has 1 fully saturated rings. The summed E-state index contributed by atoms with van der Waals surface area (Å²) in [6.07, 6.45) is -2.90. The Labute approximate surface area is 90.0 Å². The van der Waals surface area contributed by atoms with Gasteiger partial charge in [0, 0.05) is 12.8 Å². The van der Waals surface area contributed by atoms with Gasteiger partial charge < -0.3 is 9.47 Å². The summed E-state index contributed by atoms with van der Waals surface area (Å²) in [5.74, 6) is -1.34. The molecule has 0 N–H and O–H groups in total. The summed E-state index contributed by atoms with van der Waals surface area (Å²) in [4.78, 5) is 47.7. The van der Waals surface area contributed by atoms with Gasteiger partial charge in [0.1, 0.15) is 6.61 Å². The van der Waals surface area contributed by atoms with E-state index in [0.29, 0.717) is 0 Å². The van der Waals surface area contributed by atoms with Gasteiger partial charge in [-0.05, 0) is 6.92 Å². The monoisotopic (exact) mass is 230 g/mol. The van der Waals surface area contributed by atoms with E-state index in [9.17, 15) is 19.2 Å². The molecule has 1 aliphatic heterocycles. The van der Waals surface area contributed by atoms with Gasteiger partial charge in [-0.15, -0.1) is 0 Å². The maximum Gasteiger partial charge on any atom is 0.544 e. The summed E-state index contributed by atoms with van der Waals surface area (Å²) in [6.45, 7) is 2.38. The largest absolute Gasteiger partial charge is 0.544 e. The van der Waals surface area contributed by atoms with E-state index in [2.05, 4.69) is 14.3 Å². The number of amides is 2. The van der Waals surface area contributed by atoms with Crippen molar-refractivity contribution in [3.05, 3.63) is 6.61 Å². The molecule has 0 saturated carbocycles. The summed E-state index contributed by atoms with van der Waals surface area (Å²) in [7, 11) is 0. The molecule has 87 valence electrons. The lowest BCUT2D eigenvalue weighted by atomic mass is 10.4. The van der Waals surface area contributed by atoms with Gasteiger partial charge in [0.25, 0.3) is 11.8 Å². The average Bonchev–Trinajstić information content (AvgIpc) is 2.49. The first kappa shape index (κ1) is 12.0. The molecular formula is C8H8NO7. The van der Waals surface area contributed by atoms with Crippen LogP contribution in [0.25, 0.3) is 0 Å². The molecule has 0 aromatic carbocycles. The van der Waals surface area contributed by atoms with Crippen molar-refractivity contribution >= 4 is 24.1 Å². The second-order valence-electron chi connectivity index (χ2n) is 2.63. The van der Waals surface area contributed by atoms with E-state index in [4.69, 9.17) is 0 Å². The highest BCUT2D eigenvalue weighted by Gasteiger charge is 2.34. The molecule has 1 aliphatic rings. The minimum absolute atomic E-state index is 0.0424. The highest BCUT2D eigenvalue weighted by atomic mass is 16.9. The molecule has 8 nitrogen and oxygen atoms in total. The van der Waals surface area contributed by atoms with Crippen molar-refractivity contribution in [3.63, 3.8) is 0 Å². The number of hydrogen-bond acceptors (Lipinski definition) is 7. The molecule has 0 atom stereocenters. The van der Waals surface area contributed by atoms with Crippen molar-refractivity contribution in [2.24, 2.45) is 0 Å². The van der Waals surface area contributed by atoms with Gasteiger partial charge in [-0.3, -0.25) is 14.4 Å². The van der Waals surface area contributed by atoms with Crippen LogP contribution in [0.2, 0.25) is 0 Å². The smallest absolute Gasteiger partial charge is 0.427 e. The number of nitrogens with zero attached hydrogens (tertiary/aromatic N) is 1. The highest BCUT2D eigenvalue weighted by Crippen LogP contribution is 2.12. The SMILES string of the molecule is C[CH]OC(=O)OC(=O)ON1C(=O)CCC1=O. The molecule has 16 heavy (non-hydrogen) atoms. The number of carbonyl (C=O) groups excluding carboxylic acids is 4. The second kappa shape index (κ2) is 5.10. The van der Waals surface area contributed by atoms with Gasteiger partial charge in [0.05, 0.1) is 0 Å². The third-order valence-electron chi connectivity index (χ3n) is 1.55. The normalized spacial score (nSPS) is 14.9. The van der Waals surface area contributed by atoms with Gasteiger partial charge >= 0.3 is 12.3 Å². The fourth-order valence-electron chi connectivity index (χ4n) is 0.939. The van der Waals surface area contributed by atoms with E-state index >= 15 is 0 Å². The van der Waals surface area contributed by atoms with Crippen LogP contribution in [0.4, 0.5) is 9.59 Å². The van der Waals surface area contributed by atoms with Crippen molar-refractivity contribution in [2.45, 2.75) is 19.8 Å². The fraction of sp³-hybridized carbons (Fsp3) is 0.375. The van der Waals surface area contributed by atoms with E-state index in [0.717, 1.165) is 6.61 Å². The maximum absolute atomic E-state index is 11.0. The van der Waals surface area contributed by atoms with E-state index in [1.54, 1.807) is 0 Å². The fourth-order valence-corrected chi connectivity index (χ4v) is 0.939. The maximum atomic E-state index is 11.0. The molecule has 1 rings (SSSR count). The van der Waals surface area contributed by atoms with E-state index < -0.39 is 24.1 Å². The van der Waals surface area contributed by atoms with Crippen LogP contribution in [0.1, 0.15) is 19.8 Å². The third kappa shape index (κ3) is 2.94. The van der Waals surface area contributed by atoms with Gasteiger partial charge in [0.2, 0.25) is 0 Å². The predicted molar refractivity (Wildman–Crippen MR) is 45.1 cm³/mol. The van der Waals surface area contributed by atoms with E-state index in [1.165, 1.54) is 6.92 Å². The van der Waals surface area contributed by atoms with Crippen LogP contribution in [0.5, 0.6) is 0 Å². The Bertz CT molecular complexity index is 321. The minimum Gasteiger partial charge on any atom is -0.427 e. The molecule has 1 saturated heterocycles. The first-order chi connectivity index (χ1) is 7.54. The number of hydroxylamine groups is 2. The molecule has 0 unspecified atom stereocenters. The molecule has 2 amide bonds. The molecule has 0 bridgehead atoms. The van der Waals surface area contributed by atoms with Crippen LogP contribution in [-0.2, 0) is 23.9 Å². The number of rotatable bonds is 2. The Kier molecular flexibility index (Phi) is 3.81. The van der Waals surface area contributed by atoms with Gasteiger partial charge in [0.15, 0.2) is 0 Å². The first-order valence-electron chi connectivity index (χ1n) is 4.28. The zero-order valence-corrected chi connectivity index (χ0v) is 8.30. The first-order valence-corrected chi connectivity index (χ1v) is 4.28. The Morgan fingerprint density at radius 3 is 2.25 bits per heavy atom. The average molecular weight is 230 g/mol. The number of hydrogen-bond donors (Lipinski definition) is 0. The number of carbonyl (C=O) groups is 4. The summed E-state index contributed by atoms with van der Waals surface area (Å²) in [5, 5.41) is 0.255. The zero-order chi connectivity index (χ0) is 12.1. The minimum atomic E-state index is -1.50. The molecule has 0 aliphatic carbocycles. The van der Waals surface area contributed by atoms with Crippen LogP contribution in [0.15, 0.2) is 0 Å². The van der Waals surface area contributed by atoms with Crippen LogP contribution >= 0.6 is 0 Å². The van der Waals surface area contributed by atoms with Gasteiger partial charge in [-0.25, -0.2) is 9.59 Å². The Morgan fingerprint density at radius 2 is 1.75 bits per heavy atom. The predicted octanol–water partition coefficient (Wildman–Crippen LogP) is 0.522. The van der Waals surface area contributed by atoms with Crippen molar-refractivity contribution in [1.29, 1.82) is 0 Å². The van der Waals surface area contributed by atoms with Crippen molar-refractivity contribution in [1.82, 2.24) is 5.06 Å². The molecule has 1 radical (unpaired) electrons. The lowest BCUT2D eigenvalue weighted by molar-refractivity contribution is -0.176. The summed E-state index contributed by atoms with van der Waals surface area (Å²) in [5.41, 5.74) is 0. The van der Waals surface area contributed by atoms with Gasteiger partial charge in [-0.2, -0.15) is 0 Å². The number of ether oxygens (including phenoxy) is 2. The standard InChI is InChI=1S/C8H8NO7/c1-2-14-7(12)15-8(13)16-9-5(10)3-4-6(9)11/h2H,3-4H2,1H3. The van der Waals surface area contributed by atoms with Gasteiger partial charge in [-0.1, -0.05) is 5.06 Å². The van der Waals surface area contributed by atoms with Crippen LogP contribution in [-0.4, -0.2) is 29.2 Å². The Hall–Kier alpha value is -2.12. The van der Waals surface area contributed by atoms with Crippen molar-refractivity contribution in [2.75, 3.05) is 0 Å². The molecule has 0 aromatic heterocycles. The van der Waals surface area contributed by atoms with E-state index in [-0.39, 0.29) is 17.9 Å². The molecule has 0 spiro atoms. The van der Waals surface area contributed by atoms with Crippen LogP contribution in [0.3, 0.4) is 0 Å². The van der Waals surface area contributed by atoms with Crippen molar-refractivity contribution in [3.8, 4) is 0 Å². The zero-order valence-electron chi connectivity index (χ0n) is 8.30. The van der Waals surface area contributed by atoms with E-state index in [1.807, 2.05) is 0 Å². The molecule has 0 aromatic rings. The topological polar surface area (TPSA) is 99.2 Å². The van der Waals surface area contributed by atoms with Crippen LogP contribution < -0.4 is 0 Å². The number of imide groups is 1. The summed E-state index contributed by atoms with van der Waals surface area (Å²) in [6, 6.07) is 0. The van der Waals surface area contributed by atoms with Crippen molar-refractivity contribution < 1.29 is 33.5 Å². The lowest BCUT2D eigenvalue weighted by Crippen LogP contribution is -2.33. The summed E-state index contributed by atoms with van der Waals surface area (Å²) < 4.78 is 8.11. The lowest BCUT2D eigenvalue weighted by Gasteiger charge is -2.10. The quantitative estimate of drug-likeness (QED) is 0.387. The summed E-state index contributed by atoms with van der Waals surface area (Å²) >= 11 is 0. The molecular weight excluding hydrogens is 222 g/mol. The highest BCUT2D eigenvalue weighted by molar-refractivity contribution is 6.01. The second-order valence-corrected chi connectivity index (χ2v) is 2.63.